The van der Waals surface area contributed by atoms with Crippen molar-refractivity contribution in [3.05, 3.63) is 83.0 Å². The van der Waals surface area contributed by atoms with E-state index in [0.717, 1.165) is 54.9 Å². The topological polar surface area (TPSA) is 97.8 Å². The van der Waals surface area contributed by atoms with Crippen molar-refractivity contribution in [1.82, 2.24) is 4.98 Å². The molecule has 3 aromatic rings. The lowest BCUT2D eigenvalue weighted by atomic mass is 9.79. The zero-order valence-corrected chi connectivity index (χ0v) is 26.9. The minimum Gasteiger partial charge on any atom is -0.494 e. The highest BCUT2D eigenvalue weighted by Gasteiger charge is 2.37. The van der Waals surface area contributed by atoms with E-state index in [1.807, 2.05) is 49.4 Å². The van der Waals surface area contributed by atoms with Crippen LogP contribution in [0.1, 0.15) is 88.6 Å². The third kappa shape index (κ3) is 10.9. The Morgan fingerprint density at radius 1 is 0.955 bits per heavy atom. The first kappa shape index (κ1) is 34.4. The van der Waals surface area contributed by atoms with Crippen molar-refractivity contribution < 1.29 is 24.2 Å². The van der Waals surface area contributed by atoms with Crippen molar-refractivity contribution in [2.24, 2.45) is 11.3 Å². The normalized spacial score (nSPS) is 11.6. The van der Waals surface area contributed by atoms with Gasteiger partial charge in [-0.1, -0.05) is 64.1 Å². The van der Waals surface area contributed by atoms with E-state index in [0.29, 0.717) is 36.9 Å². The molecule has 0 saturated carbocycles. The second-order valence-corrected chi connectivity index (χ2v) is 11.8. The van der Waals surface area contributed by atoms with Crippen LogP contribution in [0.4, 0.5) is 5.69 Å². The number of carbonyl (C=O) groups is 2. The average molecular weight is 601 g/mol. The van der Waals surface area contributed by atoms with Crippen molar-refractivity contribution in [2.45, 2.75) is 79.6 Å². The van der Waals surface area contributed by atoms with Crippen molar-refractivity contribution >= 4 is 29.7 Å². The number of amides is 1. The first-order valence-electron chi connectivity index (χ1n) is 15.8. The number of carboxylic acid groups (broad SMARTS) is 1. The number of pyridine rings is 1. The van der Waals surface area contributed by atoms with Crippen LogP contribution in [0, 0.1) is 18.3 Å². The molecule has 236 valence electrons. The van der Waals surface area contributed by atoms with Crippen LogP contribution < -0.4 is 14.8 Å². The van der Waals surface area contributed by atoms with E-state index in [9.17, 15) is 14.7 Å². The lowest BCUT2D eigenvalue weighted by molar-refractivity contribution is -0.151. The molecule has 7 heteroatoms. The van der Waals surface area contributed by atoms with E-state index in [-0.39, 0.29) is 12.3 Å². The van der Waals surface area contributed by atoms with Gasteiger partial charge in [0.05, 0.1) is 24.3 Å². The number of carboxylic acids is 1. The molecule has 0 bridgehead atoms. The first-order valence-corrected chi connectivity index (χ1v) is 15.8. The van der Waals surface area contributed by atoms with Gasteiger partial charge in [0, 0.05) is 18.2 Å². The molecule has 0 aliphatic heterocycles. The fourth-order valence-corrected chi connectivity index (χ4v) is 4.83. The molecule has 0 saturated heterocycles. The quantitative estimate of drug-likeness (QED) is 0.142. The molecule has 1 aromatic heterocycles. The van der Waals surface area contributed by atoms with Crippen LogP contribution in [0.2, 0.25) is 0 Å². The van der Waals surface area contributed by atoms with E-state index in [1.54, 1.807) is 19.9 Å². The molecule has 1 heterocycles. The van der Waals surface area contributed by atoms with Gasteiger partial charge in [0.2, 0.25) is 11.8 Å². The Balaban J connectivity index is 1.49. The lowest BCUT2D eigenvalue weighted by Crippen LogP contribution is -2.34. The molecule has 2 N–H and O–H groups in total. The van der Waals surface area contributed by atoms with Crippen LogP contribution in [-0.4, -0.2) is 35.2 Å². The molecule has 1 amide bonds. The van der Waals surface area contributed by atoms with E-state index in [4.69, 9.17) is 9.47 Å². The highest BCUT2D eigenvalue weighted by atomic mass is 16.5. The smallest absolute Gasteiger partial charge is 0.310 e. The standard InChI is InChI=1S/C37H48N2O5/c1-6-37(7-2,36(41)42)26-34(40)38-31-13-10-12-30(25-31)17-20-33-28(5)14-21-35(39-33)44-23-9-8-11-29-15-18-32(19-16-29)43-24-22-27(3)4/h10,12-21,25,27H,6-9,11,22-24,26H2,1-5H3,(H,38,40)(H,41,42)/b20-17+. The van der Waals surface area contributed by atoms with Crippen LogP contribution in [0.25, 0.3) is 12.2 Å². The Kier molecular flexibility index (Phi) is 13.5. The van der Waals surface area contributed by atoms with Gasteiger partial charge in [-0.3, -0.25) is 9.59 Å². The predicted molar refractivity (Wildman–Crippen MR) is 178 cm³/mol. The SMILES string of the molecule is CCC(CC)(CC(=O)Nc1cccc(/C=C/c2nc(OCCCCc3ccc(OCCC(C)C)cc3)ccc2C)c1)C(=O)O. The minimum absolute atomic E-state index is 0.0630. The monoisotopic (exact) mass is 600 g/mol. The third-order valence-corrected chi connectivity index (χ3v) is 8.02. The molecular formula is C37H48N2O5. The largest absolute Gasteiger partial charge is 0.494 e. The number of aliphatic carboxylic acids is 1. The zero-order chi connectivity index (χ0) is 32.0. The van der Waals surface area contributed by atoms with Gasteiger partial charge < -0.3 is 19.9 Å². The molecule has 0 radical (unpaired) electrons. The molecule has 0 aliphatic carbocycles. The van der Waals surface area contributed by atoms with Gasteiger partial charge in [-0.05, 0) is 98.4 Å². The van der Waals surface area contributed by atoms with Crippen molar-refractivity contribution in [3.8, 4) is 11.6 Å². The lowest BCUT2D eigenvalue weighted by Gasteiger charge is -2.25. The number of ether oxygens (including phenoxy) is 2. The maximum Gasteiger partial charge on any atom is 0.310 e. The summed E-state index contributed by atoms with van der Waals surface area (Å²) >= 11 is 0. The number of nitrogens with one attached hydrogen (secondary N) is 1. The molecule has 3 rings (SSSR count). The number of aromatic nitrogens is 1. The molecule has 0 fully saturated rings. The van der Waals surface area contributed by atoms with Gasteiger partial charge in [0.15, 0.2) is 0 Å². The predicted octanol–water partition coefficient (Wildman–Crippen LogP) is 8.61. The summed E-state index contributed by atoms with van der Waals surface area (Å²) in [7, 11) is 0. The molecule has 7 nitrogen and oxygen atoms in total. The number of benzene rings is 2. The minimum atomic E-state index is -1.05. The van der Waals surface area contributed by atoms with E-state index >= 15 is 0 Å². The second kappa shape index (κ2) is 17.2. The number of rotatable bonds is 18. The van der Waals surface area contributed by atoms with Crippen LogP contribution in [-0.2, 0) is 16.0 Å². The highest BCUT2D eigenvalue weighted by Crippen LogP contribution is 2.31. The summed E-state index contributed by atoms with van der Waals surface area (Å²) in [6.07, 6.45) is 8.60. The fraction of sp³-hybridized carbons (Fsp3) is 0.432. The van der Waals surface area contributed by atoms with E-state index in [2.05, 4.69) is 48.4 Å². The molecule has 0 spiro atoms. The summed E-state index contributed by atoms with van der Waals surface area (Å²) in [5.74, 6) is 0.915. The summed E-state index contributed by atoms with van der Waals surface area (Å²) in [5, 5.41) is 12.5. The molecular weight excluding hydrogens is 552 g/mol. The zero-order valence-electron chi connectivity index (χ0n) is 26.9. The summed E-state index contributed by atoms with van der Waals surface area (Å²) < 4.78 is 11.8. The summed E-state index contributed by atoms with van der Waals surface area (Å²) in [4.78, 5) is 29.1. The highest BCUT2D eigenvalue weighted by molar-refractivity contribution is 5.94. The average Bonchev–Trinajstić information content (AvgIpc) is 3.00. The molecule has 44 heavy (non-hydrogen) atoms. The number of aryl methyl sites for hydroxylation is 2. The van der Waals surface area contributed by atoms with Gasteiger partial charge in [-0.15, -0.1) is 0 Å². The second-order valence-electron chi connectivity index (χ2n) is 11.8. The summed E-state index contributed by atoms with van der Waals surface area (Å²) in [5.41, 5.74) is 3.59. The number of hydrogen-bond acceptors (Lipinski definition) is 5. The van der Waals surface area contributed by atoms with Crippen LogP contribution in [0.5, 0.6) is 11.6 Å². The van der Waals surface area contributed by atoms with Gasteiger partial charge in [-0.25, -0.2) is 4.98 Å². The Bertz CT molecular complexity index is 1380. The Morgan fingerprint density at radius 3 is 2.39 bits per heavy atom. The molecule has 0 atom stereocenters. The fourth-order valence-electron chi connectivity index (χ4n) is 4.83. The molecule has 0 unspecified atom stereocenters. The van der Waals surface area contributed by atoms with Crippen LogP contribution in [0.3, 0.4) is 0 Å². The molecule has 2 aromatic carbocycles. The number of carbonyl (C=O) groups excluding carboxylic acids is 1. The Hall–Kier alpha value is -4.13. The first-order chi connectivity index (χ1) is 21.1. The maximum absolute atomic E-state index is 12.7. The number of anilines is 1. The van der Waals surface area contributed by atoms with Crippen LogP contribution >= 0.6 is 0 Å². The van der Waals surface area contributed by atoms with Crippen molar-refractivity contribution in [3.63, 3.8) is 0 Å². The van der Waals surface area contributed by atoms with Gasteiger partial charge in [0.1, 0.15) is 5.75 Å². The number of hydrogen-bond donors (Lipinski definition) is 2. The van der Waals surface area contributed by atoms with Crippen molar-refractivity contribution in [1.29, 1.82) is 0 Å². The number of unbranched alkanes of at least 4 members (excludes halogenated alkanes) is 1. The number of nitrogens with zero attached hydrogens (tertiary/aromatic N) is 1. The Labute approximate surface area is 262 Å². The maximum atomic E-state index is 12.7. The van der Waals surface area contributed by atoms with Crippen molar-refractivity contribution in [2.75, 3.05) is 18.5 Å². The van der Waals surface area contributed by atoms with Gasteiger partial charge >= 0.3 is 5.97 Å². The summed E-state index contributed by atoms with van der Waals surface area (Å²) in [6, 6.07) is 19.7. The van der Waals surface area contributed by atoms with E-state index < -0.39 is 11.4 Å². The van der Waals surface area contributed by atoms with Gasteiger partial charge in [0.25, 0.3) is 0 Å². The Morgan fingerprint density at radius 2 is 1.70 bits per heavy atom. The van der Waals surface area contributed by atoms with Gasteiger partial charge in [-0.2, -0.15) is 0 Å². The summed E-state index contributed by atoms with van der Waals surface area (Å²) in [6.45, 7) is 11.4. The van der Waals surface area contributed by atoms with Crippen LogP contribution in [0.15, 0.2) is 60.7 Å². The third-order valence-electron chi connectivity index (χ3n) is 8.02. The molecule has 0 aliphatic rings. The van der Waals surface area contributed by atoms with E-state index in [1.165, 1.54) is 5.56 Å².